The first-order valence-corrected chi connectivity index (χ1v) is 4.57. The maximum atomic E-state index is 11.5. The molecule has 0 aliphatic heterocycles. The fourth-order valence-electron chi connectivity index (χ4n) is 0.994. The average molecular weight is 243 g/mol. The van der Waals surface area contributed by atoms with E-state index < -0.39 is 0 Å². The van der Waals surface area contributed by atoms with Gasteiger partial charge in [0, 0.05) is 29.8 Å². The number of amides is 1. The molecule has 1 rings (SSSR count). The van der Waals surface area contributed by atoms with Crippen LogP contribution in [0.25, 0.3) is 0 Å². The van der Waals surface area contributed by atoms with Crippen LogP contribution < -0.4 is 5.73 Å². The number of nitrogens with two attached hydrogens (primary N) is 1. The summed E-state index contributed by atoms with van der Waals surface area (Å²) in [5, 5.41) is 0. The molecule has 0 aromatic heterocycles. The van der Waals surface area contributed by atoms with Crippen LogP contribution in [-0.4, -0.2) is 24.9 Å². The van der Waals surface area contributed by atoms with E-state index in [-0.39, 0.29) is 5.91 Å². The maximum Gasteiger partial charge on any atom is 0.253 e. The summed E-state index contributed by atoms with van der Waals surface area (Å²) in [7, 11) is 3.42. The zero-order chi connectivity index (χ0) is 10.0. The van der Waals surface area contributed by atoms with Gasteiger partial charge in [-0.25, -0.2) is 0 Å². The van der Waals surface area contributed by atoms with E-state index in [0.29, 0.717) is 11.3 Å². The van der Waals surface area contributed by atoms with Crippen LogP contribution in [-0.2, 0) is 0 Å². The van der Waals surface area contributed by atoms with Gasteiger partial charge in [-0.2, -0.15) is 0 Å². The molecular formula is C9H11BrN2O. The Hall–Kier alpha value is -1.03. The van der Waals surface area contributed by atoms with E-state index in [0.717, 1.165) is 4.47 Å². The molecule has 0 saturated carbocycles. The van der Waals surface area contributed by atoms with Crippen molar-refractivity contribution < 1.29 is 4.79 Å². The first kappa shape index (κ1) is 10.1. The van der Waals surface area contributed by atoms with Crippen molar-refractivity contribution in [3.8, 4) is 0 Å². The van der Waals surface area contributed by atoms with Crippen molar-refractivity contribution in [2.45, 2.75) is 0 Å². The lowest BCUT2D eigenvalue weighted by Gasteiger charge is -2.10. The number of nitrogen functional groups attached to an aromatic ring is 1. The van der Waals surface area contributed by atoms with Gasteiger partial charge in [-0.15, -0.1) is 0 Å². The SMILES string of the molecule is CN(C)C(=O)c1cc(N)cc(Br)c1. The predicted molar refractivity (Wildman–Crippen MR) is 56.6 cm³/mol. The molecule has 0 fully saturated rings. The highest BCUT2D eigenvalue weighted by molar-refractivity contribution is 9.10. The van der Waals surface area contributed by atoms with Gasteiger partial charge in [0.25, 0.3) is 5.91 Å². The minimum atomic E-state index is -0.0481. The lowest BCUT2D eigenvalue weighted by atomic mass is 10.2. The number of carbonyl (C=O) groups is 1. The molecule has 0 aliphatic carbocycles. The van der Waals surface area contributed by atoms with Crippen LogP contribution in [0.15, 0.2) is 22.7 Å². The van der Waals surface area contributed by atoms with Crippen molar-refractivity contribution in [3.63, 3.8) is 0 Å². The molecule has 0 atom stereocenters. The zero-order valence-electron chi connectivity index (χ0n) is 7.54. The second-order valence-electron chi connectivity index (χ2n) is 2.97. The van der Waals surface area contributed by atoms with Crippen molar-refractivity contribution >= 4 is 27.5 Å². The molecule has 0 radical (unpaired) electrons. The van der Waals surface area contributed by atoms with Crippen molar-refractivity contribution in [3.05, 3.63) is 28.2 Å². The molecule has 0 spiro atoms. The first-order valence-electron chi connectivity index (χ1n) is 3.78. The molecule has 0 bridgehead atoms. The van der Waals surface area contributed by atoms with Crippen molar-refractivity contribution in [2.75, 3.05) is 19.8 Å². The van der Waals surface area contributed by atoms with Crippen molar-refractivity contribution in [2.24, 2.45) is 0 Å². The summed E-state index contributed by atoms with van der Waals surface area (Å²) in [5.41, 5.74) is 6.77. The van der Waals surface area contributed by atoms with Gasteiger partial charge >= 0.3 is 0 Å². The van der Waals surface area contributed by atoms with Gasteiger partial charge in [0.15, 0.2) is 0 Å². The Kier molecular flexibility index (Phi) is 2.93. The Morgan fingerprint density at radius 1 is 1.38 bits per heavy atom. The van der Waals surface area contributed by atoms with Gasteiger partial charge in [-0.05, 0) is 18.2 Å². The van der Waals surface area contributed by atoms with E-state index in [1.165, 1.54) is 4.90 Å². The van der Waals surface area contributed by atoms with Crippen LogP contribution >= 0.6 is 15.9 Å². The van der Waals surface area contributed by atoms with Crippen LogP contribution in [0.1, 0.15) is 10.4 Å². The first-order chi connectivity index (χ1) is 6.00. The van der Waals surface area contributed by atoms with Gasteiger partial charge in [-0.1, -0.05) is 15.9 Å². The molecule has 0 heterocycles. The summed E-state index contributed by atoms with van der Waals surface area (Å²) in [6, 6.07) is 5.16. The molecule has 13 heavy (non-hydrogen) atoms. The Balaban J connectivity index is 3.08. The number of nitrogens with zero attached hydrogens (tertiary/aromatic N) is 1. The van der Waals surface area contributed by atoms with Crippen LogP contribution in [0.3, 0.4) is 0 Å². The summed E-state index contributed by atoms with van der Waals surface area (Å²) in [6.07, 6.45) is 0. The quantitative estimate of drug-likeness (QED) is 0.763. The molecular weight excluding hydrogens is 232 g/mol. The van der Waals surface area contributed by atoms with Gasteiger partial charge in [0.2, 0.25) is 0 Å². The number of rotatable bonds is 1. The lowest BCUT2D eigenvalue weighted by Crippen LogP contribution is -2.21. The Labute approximate surface area is 85.7 Å². The third kappa shape index (κ3) is 2.45. The third-order valence-corrected chi connectivity index (χ3v) is 2.03. The average Bonchev–Trinajstić information content (AvgIpc) is 2.01. The summed E-state index contributed by atoms with van der Waals surface area (Å²) < 4.78 is 0.817. The van der Waals surface area contributed by atoms with Crippen molar-refractivity contribution in [1.29, 1.82) is 0 Å². The highest BCUT2D eigenvalue weighted by Crippen LogP contribution is 2.17. The Morgan fingerprint density at radius 2 is 2.00 bits per heavy atom. The number of hydrogen-bond acceptors (Lipinski definition) is 2. The second kappa shape index (κ2) is 3.79. The van der Waals surface area contributed by atoms with E-state index in [2.05, 4.69) is 15.9 Å². The fraction of sp³-hybridized carbons (Fsp3) is 0.222. The molecule has 2 N–H and O–H groups in total. The molecule has 0 aliphatic rings. The van der Waals surface area contributed by atoms with Crippen LogP contribution in [0.4, 0.5) is 5.69 Å². The molecule has 4 heteroatoms. The zero-order valence-corrected chi connectivity index (χ0v) is 9.13. The minimum Gasteiger partial charge on any atom is -0.399 e. The highest BCUT2D eigenvalue weighted by Gasteiger charge is 2.08. The molecule has 1 aromatic carbocycles. The summed E-state index contributed by atoms with van der Waals surface area (Å²) in [5.74, 6) is -0.0481. The van der Waals surface area contributed by atoms with E-state index in [1.54, 1.807) is 32.3 Å². The van der Waals surface area contributed by atoms with E-state index in [4.69, 9.17) is 5.73 Å². The molecule has 1 amide bonds. The number of hydrogen-bond donors (Lipinski definition) is 1. The van der Waals surface area contributed by atoms with E-state index in [1.807, 2.05) is 0 Å². The summed E-state index contributed by atoms with van der Waals surface area (Å²) in [4.78, 5) is 13.0. The van der Waals surface area contributed by atoms with Crippen LogP contribution in [0.5, 0.6) is 0 Å². The Bertz CT molecular complexity index is 316. The van der Waals surface area contributed by atoms with Gasteiger partial charge in [0.1, 0.15) is 0 Å². The van der Waals surface area contributed by atoms with Gasteiger partial charge < -0.3 is 10.6 Å². The van der Waals surface area contributed by atoms with E-state index in [9.17, 15) is 4.79 Å². The largest absolute Gasteiger partial charge is 0.399 e. The molecule has 3 nitrogen and oxygen atoms in total. The van der Waals surface area contributed by atoms with Crippen molar-refractivity contribution in [1.82, 2.24) is 4.90 Å². The number of carbonyl (C=O) groups excluding carboxylic acids is 1. The number of halogens is 1. The lowest BCUT2D eigenvalue weighted by molar-refractivity contribution is 0.0827. The molecule has 0 unspecified atom stereocenters. The fourth-order valence-corrected chi connectivity index (χ4v) is 1.50. The Morgan fingerprint density at radius 3 is 2.46 bits per heavy atom. The van der Waals surface area contributed by atoms with Crippen LogP contribution in [0.2, 0.25) is 0 Å². The van der Waals surface area contributed by atoms with E-state index >= 15 is 0 Å². The number of benzene rings is 1. The standard InChI is InChI=1S/C9H11BrN2O/c1-12(2)9(13)6-3-7(10)5-8(11)4-6/h3-5H,11H2,1-2H3. The third-order valence-electron chi connectivity index (χ3n) is 1.57. The molecule has 0 saturated heterocycles. The maximum absolute atomic E-state index is 11.5. The highest BCUT2D eigenvalue weighted by atomic mass is 79.9. The minimum absolute atomic E-state index is 0.0481. The molecule has 70 valence electrons. The molecule has 1 aromatic rings. The topological polar surface area (TPSA) is 46.3 Å². The normalized spacial score (nSPS) is 9.77. The van der Waals surface area contributed by atoms with Gasteiger partial charge in [0.05, 0.1) is 0 Å². The summed E-state index contributed by atoms with van der Waals surface area (Å²) >= 11 is 3.28. The van der Waals surface area contributed by atoms with Crippen LogP contribution in [0, 0.1) is 0 Å². The second-order valence-corrected chi connectivity index (χ2v) is 3.89. The monoisotopic (exact) mass is 242 g/mol. The summed E-state index contributed by atoms with van der Waals surface area (Å²) in [6.45, 7) is 0. The predicted octanol–water partition coefficient (Wildman–Crippen LogP) is 1.73. The van der Waals surface area contributed by atoms with Gasteiger partial charge in [-0.3, -0.25) is 4.79 Å². The smallest absolute Gasteiger partial charge is 0.253 e. The number of anilines is 1.